The van der Waals surface area contributed by atoms with E-state index in [9.17, 15) is 13.2 Å². The number of sulfonamides is 1. The Morgan fingerprint density at radius 3 is 2.43 bits per heavy atom. The van der Waals surface area contributed by atoms with Crippen molar-refractivity contribution in [3.05, 3.63) is 53.2 Å². The van der Waals surface area contributed by atoms with Crippen LogP contribution in [0, 0.1) is 0 Å². The summed E-state index contributed by atoms with van der Waals surface area (Å²) < 4.78 is 32.1. The van der Waals surface area contributed by atoms with Crippen LogP contribution in [-0.4, -0.2) is 60.8 Å². The first-order valence-electron chi connectivity index (χ1n) is 9.03. The van der Waals surface area contributed by atoms with Gasteiger partial charge in [-0.3, -0.25) is 4.79 Å². The van der Waals surface area contributed by atoms with Crippen LogP contribution in [0.4, 0.5) is 0 Å². The summed E-state index contributed by atoms with van der Waals surface area (Å²) in [5, 5.41) is 0.428. The van der Waals surface area contributed by atoms with Crippen LogP contribution in [0.3, 0.4) is 0 Å². The first kappa shape index (κ1) is 20.6. The van der Waals surface area contributed by atoms with Crippen molar-refractivity contribution < 1.29 is 17.9 Å². The Hall–Kier alpha value is -2.16. The summed E-state index contributed by atoms with van der Waals surface area (Å²) in [4.78, 5) is 18.5. The minimum Gasteiger partial charge on any atom is -0.470 e. The number of hydrogen-bond donors (Lipinski definition) is 0. The Kier molecular flexibility index (Phi) is 6.22. The summed E-state index contributed by atoms with van der Waals surface area (Å²) in [5.41, 5.74) is 0.438. The third-order valence-corrected chi connectivity index (χ3v) is 6.93. The van der Waals surface area contributed by atoms with E-state index in [1.165, 1.54) is 16.4 Å². The average Bonchev–Trinajstić information content (AvgIpc) is 2.66. The molecule has 0 aliphatic carbocycles. The van der Waals surface area contributed by atoms with Crippen LogP contribution >= 0.6 is 11.6 Å². The molecular weight excluding hydrogens is 402 g/mol. The Bertz CT molecular complexity index is 940. The fourth-order valence-electron chi connectivity index (χ4n) is 2.96. The molecule has 1 aliphatic rings. The van der Waals surface area contributed by atoms with Crippen molar-refractivity contribution >= 4 is 27.5 Å². The van der Waals surface area contributed by atoms with Gasteiger partial charge < -0.3 is 9.64 Å². The number of amides is 1. The van der Waals surface area contributed by atoms with E-state index < -0.39 is 10.0 Å². The molecule has 0 bridgehead atoms. The van der Waals surface area contributed by atoms with Crippen LogP contribution in [0.1, 0.15) is 24.2 Å². The normalized spacial score (nSPS) is 14.8. The predicted molar refractivity (Wildman–Crippen MR) is 106 cm³/mol. The molecule has 0 N–H and O–H groups in total. The SMILES string of the molecule is CCN(CC)S(=O)(=O)c1ccc(C(=O)N2CC(Oc3ncccc3Cl)C2)cc1. The number of aromatic nitrogens is 1. The van der Waals surface area contributed by atoms with Crippen LogP contribution in [0.2, 0.25) is 5.02 Å². The van der Waals surface area contributed by atoms with E-state index in [1.807, 2.05) is 0 Å². The number of carbonyl (C=O) groups excluding carboxylic acids is 1. The maximum Gasteiger partial charge on any atom is 0.254 e. The van der Waals surface area contributed by atoms with Crippen molar-refractivity contribution in [2.24, 2.45) is 0 Å². The van der Waals surface area contributed by atoms with Crippen molar-refractivity contribution in [3.8, 4) is 5.88 Å². The highest BCUT2D eigenvalue weighted by atomic mass is 35.5. The zero-order valence-electron chi connectivity index (χ0n) is 15.7. The number of pyridine rings is 1. The second-order valence-corrected chi connectivity index (χ2v) is 8.70. The first-order valence-corrected chi connectivity index (χ1v) is 10.8. The van der Waals surface area contributed by atoms with E-state index in [2.05, 4.69) is 4.98 Å². The molecular formula is C19H22ClN3O4S. The van der Waals surface area contributed by atoms with Gasteiger partial charge in [-0.15, -0.1) is 0 Å². The predicted octanol–water partition coefficient (Wildman–Crippen LogP) is 2.67. The fourth-order valence-corrected chi connectivity index (χ4v) is 4.58. The van der Waals surface area contributed by atoms with Crippen molar-refractivity contribution in [2.75, 3.05) is 26.2 Å². The fraction of sp³-hybridized carbons (Fsp3) is 0.368. The molecule has 2 heterocycles. The van der Waals surface area contributed by atoms with E-state index in [1.54, 1.807) is 49.2 Å². The van der Waals surface area contributed by atoms with Gasteiger partial charge in [0, 0.05) is 24.8 Å². The van der Waals surface area contributed by atoms with Crippen LogP contribution in [-0.2, 0) is 10.0 Å². The number of nitrogens with zero attached hydrogens (tertiary/aromatic N) is 3. The quantitative estimate of drug-likeness (QED) is 0.684. The summed E-state index contributed by atoms with van der Waals surface area (Å²) in [6.45, 7) is 5.22. The number of halogens is 1. The lowest BCUT2D eigenvalue weighted by Gasteiger charge is -2.38. The topological polar surface area (TPSA) is 79.8 Å². The zero-order valence-corrected chi connectivity index (χ0v) is 17.3. The van der Waals surface area contributed by atoms with E-state index in [-0.39, 0.29) is 16.9 Å². The molecule has 1 amide bonds. The molecule has 28 heavy (non-hydrogen) atoms. The van der Waals surface area contributed by atoms with Crippen molar-refractivity contribution in [1.29, 1.82) is 0 Å². The Labute approximate surface area is 169 Å². The highest BCUT2D eigenvalue weighted by Gasteiger charge is 2.33. The van der Waals surface area contributed by atoms with Gasteiger partial charge in [-0.1, -0.05) is 25.4 Å². The van der Waals surface area contributed by atoms with Crippen LogP contribution < -0.4 is 4.74 Å². The maximum absolute atomic E-state index is 12.6. The average molecular weight is 424 g/mol. The molecule has 150 valence electrons. The molecule has 0 saturated carbocycles. The van der Waals surface area contributed by atoms with Crippen molar-refractivity contribution in [3.63, 3.8) is 0 Å². The van der Waals surface area contributed by atoms with Crippen molar-refractivity contribution in [2.45, 2.75) is 24.8 Å². The highest BCUT2D eigenvalue weighted by molar-refractivity contribution is 7.89. The van der Waals surface area contributed by atoms with Crippen LogP contribution in [0.25, 0.3) is 0 Å². The van der Waals surface area contributed by atoms with Gasteiger partial charge in [-0.05, 0) is 36.4 Å². The van der Waals surface area contributed by atoms with E-state index in [0.29, 0.717) is 42.6 Å². The summed E-state index contributed by atoms with van der Waals surface area (Å²) >= 11 is 6.02. The number of likely N-dealkylation sites (tertiary alicyclic amines) is 1. The van der Waals surface area contributed by atoms with Gasteiger partial charge in [0.15, 0.2) is 0 Å². The van der Waals surface area contributed by atoms with Gasteiger partial charge in [-0.2, -0.15) is 4.31 Å². The molecule has 1 aromatic carbocycles. The lowest BCUT2D eigenvalue weighted by molar-refractivity contribution is 0.0160. The monoisotopic (exact) mass is 423 g/mol. The minimum atomic E-state index is -3.53. The largest absolute Gasteiger partial charge is 0.470 e. The molecule has 0 atom stereocenters. The molecule has 1 fully saturated rings. The Balaban J connectivity index is 1.61. The Morgan fingerprint density at radius 1 is 1.21 bits per heavy atom. The smallest absolute Gasteiger partial charge is 0.254 e. The van der Waals surface area contributed by atoms with Crippen molar-refractivity contribution in [1.82, 2.24) is 14.2 Å². The molecule has 1 saturated heterocycles. The second-order valence-electron chi connectivity index (χ2n) is 6.35. The second kappa shape index (κ2) is 8.46. The van der Waals surface area contributed by atoms with E-state index >= 15 is 0 Å². The summed E-state index contributed by atoms with van der Waals surface area (Å²) in [5.74, 6) is 0.186. The molecule has 1 aliphatic heterocycles. The van der Waals surface area contributed by atoms with Gasteiger partial charge in [0.05, 0.1) is 18.0 Å². The zero-order chi connectivity index (χ0) is 20.3. The lowest BCUT2D eigenvalue weighted by atomic mass is 10.1. The Morgan fingerprint density at radius 2 is 1.86 bits per heavy atom. The third-order valence-electron chi connectivity index (χ3n) is 4.58. The van der Waals surface area contributed by atoms with E-state index in [0.717, 1.165) is 0 Å². The number of benzene rings is 1. The highest BCUT2D eigenvalue weighted by Crippen LogP contribution is 2.25. The summed E-state index contributed by atoms with van der Waals surface area (Å²) in [7, 11) is -3.53. The molecule has 2 aromatic rings. The van der Waals surface area contributed by atoms with Gasteiger partial charge in [0.2, 0.25) is 15.9 Å². The number of ether oxygens (including phenoxy) is 1. The van der Waals surface area contributed by atoms with Gasteiger partial charge in [0.25, 0.3) is 5.91 Å². The molecule has 0 radical (unpaired) electrons. The van der Waals surface area contributed by atoms with Gasteiger partial charge in [-0.25, -0.2) is 13.4 Å². The van der Waals surface area contributed by atoms with Crippen LogP contribution in [0.15, 0.2) is 47.5 Å². The standard InChI is InChI=1S/C19H22ClN3O4S/c1-3-23(4-2)28(25,26)16-9-7-14(8-10-16)19(24)22-12-15(13-22)27-18-17(20)6-5-11-21-18/h5-11,15H,3-4,12-13H2,1-2H3. The number of hydrogen-bond acceptors (Lipinski definition) is 5. The van der Waals surface area contributed by atoms with Gasteiger partial charge >= 0.3 is 0 Å². The lowest BCUT2D eigenvalue weighted by Crippen LogP contribution is -2.56. The van der Waals surface area contributed by atoms with E-state index in [4.69, 9.17) is 16.3 Å². The molecule has 0 spiro atoms. The number of carbonyl (C=O) groups is 1. The molecule has 1 aromatic heterocycles. The maximum atomic E-state index is 12.6. The van der Waals surface area contributed by atoms with Gasteiger partial charge in [0.1, 0.15) is 11.1 Å². The van der Waals surface area contributed by atoms with Crippen LogP contribution in [0.5, 0.6) is 5.88 Å². The minimum absolute atomic E-state index is 0.168. The first-order chi connectivity index (χ1) is 13.4. The molecule has 9 heteroatoms. The summed E-state index contributed by atoms with van der Waals surface area (Å²) in [6, 6.07) is 9.45. The molecule has 0 unspecified atom stereocenters. The molecule has 3 rings (SSSR count). The molecule has 7 nitrogen and oxygen atoms in total. The number of rotatable bonds is 7. The third kappa shape index (κ3) is 4.14. The summed E-state index contributed by atoms with van der Waals surface area (Å²) in [6.07, 6.45) is 1.43.